The predicted octanol–water partition coefficient (Wildman–Crippen LogP) is 3.06. The van der Waals surface area contributed by atoms with Crippen LogP contribution in [0.25, 0.3) is 0 Å². The monoisotopic (exact) mass is 474 g/mol. The zero-order valence-electron chi connectivity index (χ0n) is 16.6. The summed E-state index contributed by atoms with van der Waals surface area (Å²) in [5.41, 5.74) is 1.24. The minimum Gasteiger partial charge on any atom is -0.376 e. The van der Waals surface area contributed by atoms with Crippen LogP contribution in [0.15, 0.2) is 35.3 Å². The van der Waals surface area contributed by atoms with Crippen molar-refractivity contribution in [2.24, 2.45) is 10.9 Å². The number of aliphatic imine (C=N–C) groups is 1. The molecule has 5 nitrogen and oxygen atoms in total. The normalized spacial score (nSPS) is 17.7. The van der Waals surface area contributed by atoms with E-state index in [1.807, 2.05) is 13.1 Å². The van der Waals surface area contributed by atoms with E-state index in [1.165, 1.54) is 12.0 Å². The van der Waals surface area contributed by atoms with Gasteiger partial charge in [0.2, 0.25) is 0 Å². The molecule has 0 saturated carbocycles. The summed E-state index contributed by atoms with van der Waals surface area (Å²) in [6.07, 6.45) is 1.17. The first-order valence-electron chi connectivity index (χ1n) is 9.37. The Kier molecular flexibility index (Phi) is 11.2. The Balaban J connectivity index is 0.00000338. The number of guanidine groups is 1. The maximum Gasteiger partial charge on any atom is 0.193 e. The Morgan fingerprint density at radius 1 is 1.35 bits per heavy atom. The second kappa shape index (κ2) is 12.5. The van der Waals surface area contributed by atoms with Gasteiger partial charge in [-0.2, -0.15) is 0 Å². The molecule has 1 aliphatic rings. The fourth-order valence-electron chi connectivity index (χ4n) is 3.01. The van der Waals surface area contributed by atoms with Crippen LogP contribution in [0.1, 0.15) is 25.8 Å². The van der Waals surface area contributed by atoms with Crippen molar-refractivity contribution in [1.29, 1.82) is 0 Å². The van der Waals surface area contributed by atoms with Crippen molar-refractivity contribution in [2.45, 2.75) is 32.9 Å². The molecule has 0 aliphatic carbocycles. The Hall–Kier alpha value is -0.860. The van der Waals surface area contributed by atoms with Gasteiger partial charge in [-0.25, -0.2) is 0 Å². The third-order valence-corrected chi connectivity index (χ3v) is 4.89. The minimum absolute atomic E-state index is 0. The summed E-state index contributed by atoms with van der Waals surface area (Å²) in [4.78, 5) is 9.14. The first kappa shape index (κ1) is 23.2. The van der Waals surface area contributed by atoms with Crippen LogP contribution < -0.4 is 5.32 Å². The third-order valence-electron chi connectivity index (χ3n) is 4.89. The van der Waals surface area contributed by atoms with Gasteiger partial charge >= 0.3 is 0 Å². The summed E-state index contributed by atoms with van der Waals surface area (Å²) in [6, 6.07) is 10.9. The lowest BCUT2D eigenvalue weighted by Crippen LogP contribution is -2.43. The summed E-state index contributed by atoms with van der Waals surface area (Å²) >= 11 is 0. The minimum atomic E-state index is 0. The molecule has 1 aliphatic heterocycles. The average Bonchev–Trinajstić information content (AvgIpc) is 3.08. The molecule has 6 heteroatoms. The van der Waals surface area contributed by atoms with Crippen LogP contribution in [0.3, 0.4) is 0 Å². The van der Waals surface area contributed by atoms with Gasteiger partial charge in [-0.3, -0.25) is 4.99 Å². The fraction of sp³-hybridized carbons (Fsp3) is 0.650. The average molecular weight is 474 g/mol. The zero-order chi connectivity index (χ0) is 18.1. The van der Waals surface area contributed by atoms with Crippen LogP contribution in [-0.4, -0.2) is 68.7 Å². The van der Waals surface area contributed by atoms with E-state index >= 15 is 0 Å². The molecule has 2 rings (SSSR count). The predicted molar refractivity (Wildman–Crippen MR) is 120 cm³/mol. The van der Waals surface area contributed by atoms with Gasteiger partial charge in [-0.1, -0.05) is 30.3 Å². The third kappa shape index (κ3) is 7.80. The number of ether oxygens (including phenoxy) is 1. The van der Waals surface area contributed by atoms with E-state index in [4.69, 9.17) is 4.74 Å². The molecule has 0 spiro atoms. The highest BCUT2D eigenvalue weighted by Crippen LogP contribution is 2.17. The SMILES string of the molecule is CN=C(NCCN(C)C(C)C)N1CCC(COCc2ccccc2)C1.I. The molecule has 1 N–H and O–H groups in total. The maximum absolute atomic E-state index is 5.91. The fourth-order valence-corrected chi connectivity index (χ4v) is 3.01. The van der Waals surface area contributed by atoms with E-state index in [-0.39, 0.29) is 24.0 Å². The number of hydrogen-bond donors (Lipinski definition) is 1. The molecule has 0 aromatic heterocycles. The van der Waals surface area contributed by atoms with Crippen molar-refractivity contribution in [3.8, 4) is 0 Å². The molecule has 26 heavy (non-hydrogen) atoms. The van der Waals surface area contributed by atoms with E-state index in [2.05, 4.69) is 65.3 Å². The number of nitrogens with one attached hydrogen (secondary N) is 1. The summed E-state index contributed by atoms with van der Waals surface area (Å²) in [5, 5.41) is 3.49. The smallest absolute Gasteiger partial charge is 0.193 e. The van der Waals surface area contributed by atoms with Crippen molar-refractivity contribution in [2.75, 3.05) is 46.9 Å². The largest absolute Gasteiger partial charge is 0.376 e. The van der Waals surface area contributed by atoms with Crippen molar-refractivity contribution >= 4 is 29.9 Å². The highest BCUT2D eigenvalue weighted by atomic mass is 127. The van der Waals surface area contributed by atoms with Gasteiger partial charge in [0.15, 0.2) is 5.96 Å². The summed E-state index contributed by atoms with van der Waals surface area (Å²) in [6.45, 7) is 9.98. The molecule has 1 unspecified atom stereocenters. The van der Waals surface area contributed by atoms with E-state index < -0.39 is 0 Å². The van der Waals surface area contributed by atoms with Gasteiger partial charge < -0.3 is 19.9 Å². The van der Waals surface area contributed by atoms with Crippen LogP contribution in [0.2, 0.25) is 0 Å². The van der Waals surface area contributed by atoms with E-state index in [1.54, 1.807) is 0 Å². The second-order valence-electron chi connectivity index (χ2n) is 7.15. The summed E-state index contributed by atoms with van der Waals surface area (Å²) in [5.74, 6) is 1.60. The van der Waals surface area contributed by atoms with Gasteiger partial charge in [-0.15, -0.1) is 24.0 Å². The molecular formula is C20H35IN4O. The van der Waals surface area contributed by atoms with Gasteiger partial charge in [0.05, 0.1) is 13.2 Å². The van der Waals surface area contributed by atoms with Crippen molar-refractivity contribution in [3.05, 3.63) is 35.9 Å². The van der Waals surface area contributed by atoms with Crippen molar-refractivity contribution in [3.63, 3.8) is 0 Å². The molecule has 1 saturated heterocycles. The molecule has 1 aromatic rings. The van der Waals surface area contributed by atoms with E-state index in [0.29, 0.717) is 18.6 Å². The molecule has 1 aromatic carbocycles. The molecule has 1 heterocycles. The van der Waals surface area contributed by atoms with Crippen molar-refractivity contribution in [1.82, 2.24) is 15.1 Å². The van der Waals surface area contributed by atoms with Crippen LogP contribution >= 0.6 is 24.0 Å². The highest BCUT2D eigenvalue weighted by molar-refractivity contribution is 14.0. The molecule has 1 atom stereocenters. The number of nitrogens with zero attached hydrogens (tertiary/aromatic N) is 3. The van der Waals surface area contributed by atoms with Crippen LogP contribution in [0.5, 0.6) is 0 Å². The van der Waals surface area contributed by atoms with E-state index in [0.717, 1.165) is 38.7 Å². The summed E-state index contributed by atoms with van der Waals surface area (Å²) < 4.78 is 5.91. The molecule has 148 valence electrons. The zero-order valence-corrected chi connectivity index (χ0v) is 19.0. The summed E-state index contributed by atoms with van der Waals surface area (Å²) in [7, 11) is 4.03. The number of likely N-dealkylation sites (tertiary alicyclic amines) is 1. The number of rotatable bonds is 8. The topological polar surface area (TPSA) is 40.1 Å². The van der Waals surface area contributed by atoms with Crippen LogP contribution in [0, 0.1) is 5.92 Å². The molecule has 0 bridgehead atoms. The van der Waals surface area contributed by atoms with Gasteiger partial charge in [0.1, 0.15) is 0 Å². The van der Waals surface area contributed by atoms with Gasteiger partial charge in [0, 0.05) is 45.2 Å². The Labute approximate surface area is 176 Å². The first-order valence-corrected chi connectivity index (χ1v) is 9.37. The standard InChI is InChI=1S/C20H34N4O.HI/c1-17(2)23(4)13-11-22-20(21-3)24-12-10-19(14-24)16-25-15-18-8-6-5-7-9-18;/h5-9,17,19H,10-16H2,1-4H3,(H,21,22);1H. The Morgan fingerprint density at radius 3 is 2.73 bits per heavy atom. The lowest BCUT2D eigenvalue weighted by molar-refractivity contribution is 0.0906. The lowest BCUT2D eigenvalue weighted by Gasteiger charge is -2.25. The quantitative estimate of drug-likeness (QED) is 0.357. The molecule has 0 radical (unpaired) electrons. The van der Waals surface area contributed by atoms with Gasteiger partial charge in [-0.05, 0) is 32.9 Å². The second-order valence-corrected chi connectivity index (χ2v) is 7.15. The molecule has 0 amide bonds. The Bertz CT molecular complexity index is 524. The highest BCUT2D eigenvalue weighted by Gasteiger charge is 2.24. The van der Waals surface area contributed by atoms with E-state index in [9.17, 15) is 0 Å². The molecule has 1 fully saturated rings. The first-order chi connectivity index (χ1) is 12.1. The maximum atomic E-state index is 5.91. The number of likely N-dealkylation sites (N-methyl/N-ethyl adjacent to an activating group) is 1. The van der Waals surface area contributed by atoms with Gasteiger partial charge in [0.25, 0.3) is 0 Å². The van der Waals surface area contributed by atoms with Crippen LogP contribution in [0.4, 0.5) is 0 Å². The number of hydrogen-bond acceptors (Lipinski definition) is 3. The number of benzene rings is 1. The van der Waals surface area contributed by atoms with Crippen LogP contribution in [-0.2, 0) is 11.3 Å². The molecular weight excluding hydrogens is 439 g/mol. The number of halogens is 1. The van der Waals surface area contributed by atoms with Crippen molar-refractivity contribution < 1.29 is 4.74 Å². The lowest BCUT2D eigenvalue weighted by atomic mass is 10.1. The Morgan fingerprint density at radius 2 is 2.08 bits per heavy atom.